The van der Waals surface area contributed by atoms with Crippen LogP contribution in [0.2, 0.25) is 5.02 Å². The van der Waals surface area contributed by atoms with Gasteiger partial charge in [-0.2, -0.15) is 11.8 Å². The Morgan fingerprint density at radius 3 is 2.80 bits per heavy atom. The van der Waals surface area contributed by atoms with Crippen LogP contribution >= 0.6 is 23.4 Å². The third-order valence-electron chi connectivity index (χ3n) is 2.39. The maximum atomic E-state index is 13.4. The van der Waals surface area contributed by atoms with Crippen LogP contribution in [0.1, 0.15) is 6.42 Å². The van der Waals surface area contributed by atoms with Crippen molar-refractivity contribution in [2.45, 2.75) is 12.5 Å². The minimum atomic E-state index is -1.14. The highest BCUT2D eigenvalue weighted by Crippen LogP contribution is 2.19. The minimum Gasteiger partial charge on any atom is -0.480 e. The van der Waals surface area contributed by atoms with Gasteiger partial charge >= 0.3 is 12.0 Å². The van der Waals surface area contributed by atoms with Crippen LogP contribution in [0.5, 0.6) is 0 Å². The van der Waals surface area contributed by atoms with Gasteiger partial charge in [-0.3, -0.25) is 0 Å². The third kappa shape index (κ3) is 5.26. The van der Waals surface area contributed by atoms with Gasteiger partial charge in [-0.15, -0.1) is 0 Å². The summed E-state index contributed by atoms with van der Waals surface area (Å²) >= 11 is 7.16. The first-order valence-corrected chi connectivity index (χ1v) is 7.45. The van der Waals surface area contributed by atoms with Gasteiger partial charge < -0.3 is 15.7 Å². The number of hydrogen-bond donors (Lipinski definition) is 3. The quantitative estimate of drug-likeness (QED) is 0.753. The fourth-order valence-corrected chi connectivity index (χ4v) is 2.05. The van der Waals surface area contributed by atoms with Crippen LogP contribution in [0.15, 0.2) is 18.2 Å². The second-order valence-electron chi connectivity index (χ2n) is 3.89. The number of carboxylic acids is 1. The lowest BCUT2D eigenvalue weighted by Crippen LogP contribution is -2.43. The van der Waals surface area contributed by atoms with Crippen molar-refractivity contribution in [1.29, 1.82) is 0 Å². The number of halogens is 2. The Morgan fingerprint density at radius 1 is 1.50 bits per heavy atom. The molecule has 110 valence electrons. The Labute approximate surface area is 124 Å². The number of hydrogen-bond acceptors (Lipinski definition) is 3. The van der Waals surface area contributed by atoms with Crippen molar-refractivity contribution in [2.75, 3.05) is 17.3 Å². The summed E-state index contributed by atoms with van der Waals surface area (Å²) in [6, 6.07) is 1.89. The molecule has 2 amide bonds. The minimum absolute atomic E-state index is 0.107. The predicted octanol–water partition coefficient (Wildman–Crippen LogP) is 2.81. The van der Waals surface area contributed by atoms with Gasteiger partial charge in [0.05, 0.1) is 5.69 Å². The summed E-state index contributed by atoms with van der Waals surface area (Å²) in [7, 11) is 0. The van der Waals surface area contributed by atoms with Crippen LogP contribution < -0.4 is 10.6 Å². The third-order valence-corrected chi connectivity index (χ3v) is 3.27. The standard InChI is InChI=1S/C12H14ClFN2O3S/c1-20-5-4-9(11(17)18)15-12(19)16-10-6-7(13)2-3-8(10)14/h2-3,6,9H,4-5H2,1H3,(H,17,18)(H2,15,16,19)/t9-/m1/s1. The maximum absolute atomic E-state index is 13.4. The lowest BCUT2D eigenvalue weighted by molar-refractivity contribution is -0.139. The van der Waals surface area contributed by atoms with E-state index in [9.17, 15) is 14.0 Å². The van der Waals surface area contributed by atoms with Gasteiger partial charge in [0.15, 0.2) is 0 Å². The zero-order valence-corrected chi connectivity index (χ0v) is 12.2. The lowest BCUT2D eigenvalue weighted by atomic mass is 10.2. The molecule has 1 rings (SSSR count). The van der Waals surface area contributed by atoms with Gasteiger partial charge in [-0.1, -0.05) is 11.6 Å². The number of benzene rings is 1. The Morgan fingerprint density at radius 2 is 2.20 bits per heavy atom. The first-order chi connectivity index (χ1) is 9.43. The molecule has 0 aromatic heterocycles. The zero-order chi connectivity index (χ0) is 15.1. The summed E-state index contributed by atoms with van der Waals surface area (Å²) in [5.41, 5.74) is -0.107. The Kier molecular flexibility index (Phi) is 6.60. The van der Waals surface area contributed by atoms with Crippen molar-refractivity contribution in [3.8, 4) is 0 Å². The lowest BCUT2D eigenvalue weighted by Gasteiger charge is -2.15. The smallest absolute Gasteiger partial charge is 0.326 e. The molecule has 0 heterocycles. The Bertz CT molecular complexity index is 502. The summed E-state index contributed by atoms with van der Waals surface area (Å²) in [5, 5.41) is 13.7. The van der Waals surface area contributed by atoms with Crippen molar-refractivity contribution in [3.05, 3.63) is 29.0 Å². The SMILES string of the molecule is CSCC[C@@H](NC(=O)Nc1cc(Cl)ccc1F)C(=O)O. The molecule has 0 saturated heterocycles. The highest BCUT2D eigenvalue weighted by molar-refractivity contribution is 7.98. The van der Waals surface area contributed by atoms with Crippen LogP contribution in [0.25, 0.3) is 0 Å². The molecule has 0 fully saturated rings. The number of urea groups is 1. The Balaban J connectivity index is 2.65. The predicted molar refractivity (Wildman–Crippen MR) is 78.0 cm³/mol. The summed E-state index contributed by atoms with van der Waals surface area (Å²) in [6.45, 7) is 0. The van der Waals surface area contributed by atoms with Crippen molar-refractivity contribution in [1.82, 2.24) is 5.32 Å². The van der Waals surface area contributed by atoms with Crippen molar-refractivity contribution in [2.24, 2.45) is 0 Å². The molecule has 1 aromatic carbocycles. The monoisotopic (exact) mass is 320 g/mol. The topological polar surface area (TPSA) is 78.4 Å². The normalized spacial score (nSPS) is 11.8. The number of carbonyl (C=O) groups is 2. The molecule has 20 heavy (non-hydrogen) atoms. The fraction of sp³-hybridized carbons (Fsp3) is 0.333. The van der Waals surface area contributed by atoms with Gasteiger partial charge in [-0.05, 0) is 36.6 Å². The van der Waals surface area contributed by atoms with E-state index in [4.69, 9.17) is 16.7 Å². The zero-order valence-electron chi connectivity index (χ0n) is 10.7. The van der Waals surface area contributed by atoms with Crippen molar-refractivity contribution >= 4 is 41.1 Å². The number of anilines is 1. The molecule has 1 aromatic rings. The number of thioether (sulfide) groups is 1. The largest absolute Gasteiger partial charge is 0.480 e. The molecule has 1 atom stereocenters. The molecule has 0 saturated carbocycles. The van der Waals surface area contributed by atoms with E-state index in [-0.39, 0.29) is 17.1 Å². The van der Waals surface area contributed by atoms with E-state index in [0.717, 1.165) is 6.07 Å². The van der Waals surface area contributed by atoms with Crippen molar-refractivity contribution < 1.29 is 19.1 Å². The second kappa shape index (κ2) is 7.96. The molecule has 0 bridgehead atoms. The molecule has 3 N–H and O–H groups in total. The first kappa shape index (κ1) is 16.6. The van der Waals surface area contributed by atoms with Gasteiger partial charge in [0.2, 0.25) is 0 Å². The van der Waals surface area contributed by atoms with E-state index in [2.05, 4.69) is 10.6 Å². The molecule has 8 heteroatoms. The van der Waals surface area contributed by atoms with E-state index >= 15 is 0 Å². The van der Waals surface area contributed by atoms with Crippen LogP contribution in [0.4, 0.5) is 14.9 Å². The highest BCUT2D eigenvalue weighted by Gasteiger charge is 2.19. The van der Waals surface area contributed by atoms with Crippen LogP contribution in [-0.4, -0.2) is 35.2 Å². The van der Waals surface area contributed by atoms with Crippen LogP contribution in [-0.2, 0) is 4.79 Å². The van der Waals surface area contributed by atoms with E-state index in [0.29, 0.717) is 5.75 Å². The summed E-state index contributed by atoms with van der Waals surface area (Å²) in [4.78, 5) is 22.6. The number of amides is 2. The number of carbonyl (C=O) groups excluding carboxylic acids is 1. The van der Waals surface area contributed by atoms with E-state index in [1.165, 1.54) is 23.9 Å². The average Bonchev–Trinajstić information content (AvgIpc) is 2.38. The highest BCUT2D eigenvalue weighted by atomic mass is 35.5. The molecule has 5 nitrogen and oxygen atoms in total. The number of carboxylic acid groups (broad SMARTS) is 1. The van der Waals surface area contributed by atoms with E-state index in [1.807, 2.05) is 6.26 Å². The van der Waals surface area contributed by atoms with Gasteiger partial charge in [0.1, 0.15) is 11.9 Å². The van der Waals surface area contributed by atoms with E-state index in [1.54, 1.807) is 0 Å². The summed E-state index contributed by atoms with van der Waals surface area (Å²) in [6.07, 6.45) is 2.11. The first-order valence-electron chi connectivity index (χ1n) is 5.68. The van der Waals surface area contributed by atoms with Crippen LogP contribution in [0.3, 0.4) is 0 Å². The average molecular weight is 321 g/mol. The molecular formula is C12H14ClFN2O3S. The molecule has 0 aliphatic rings. The molecule has 0 spiro atoms. The summed E-state index contributed by atoms with van der Waals surface area (Å²) in [5.74, 6) is -1.20. The molecule has 0 unspecified atom stereocenters. The summed E-state index contributed by atoms with van der Waals surface area (Å²) < 4.78 is 13.4. The van der Waals surface area contributed by atoms with E-state index < -0.39 is 23.9 Å². The Hall–Kier alpha value is -1.47. The number of rotatable bonds is 6. The molecular weight excluding hydrogens is 307 g/mol. The van der Waals surface area contributed by atoms with Crippen LogP contribution in [0, 0.1) is 5.82 Å². The van der Waals surface area contributed by atoms with Crippen molar-refractivity contribution in [3.63, 3.8) is 0 Å². The molecule has 0 radical (unpaired) electrons. The number of aliphatic carboxylic acids is 1. The molecule has 0 aliphatic heterocycles. The molecule has 0 aliphatic carbocycles. The van der Waals surface area contributed by atoms with Gasteiger partial charge in [-0.25, -0.2) is 14.0 Å². The maximum Gasteiger partial charge on any atom is 0.326 e. The van der Waals surface area contributed by atoms with Gasteiger partial charge in [0.25, 0.3) is 0 Å². The fourth-order valence-electron chi connectivity index (χ4n) is 1.40. The number of nitrogens with one attached hydrogen (secondary N) is 2. The second-order valence-corrected chi connectivity index (χ2v) is 5.32. The van der Waals surface area contributed by atoms with Gasteiger partial charge in [0, 0.05) is 5.02 Å².